The lowest BCUT2D eigenvalue weighted by atomic mass is 9.80. The van der Waals surface area contributed by atoms with Crippen molar-refractivity contribution in [1.82, 2.24) is 5.32 Å². The normalized spacial score (nSPS) is 44.8. The van der Waals surface area contributed by atoms with Crippen LogP contribution in [-0.2, 0) is 4.74 Å². The van der Waals surface area contributed by atoms with E-state index >= 15 is 0 Å². The molecule has 1 aliphatic carbocycles. The Balaban J connectivity index is 1.68. The lowest BCUT2D eigenvalue weighted by Gasteiger charge is -2.37. The van der Waals surface area contributed by atoms with E-state index in [2.05, 4.69) is 12.2 Å². The number of nitrogens with one attached hydrogen (secondary N) is 1. The van der Waals surface area contributed by atoms with Gasteiger partial charge in [-0.05, 0) is 24.7 Å². The third-order valence-electron chi connectivity index (χ3n) is 3.31. The van der Waals surface area contributed by atoms with Crippen molar-refractivity contribution < 1.29 is 9.84 Å². The van der Waals surface area contributed by atoms with Gasteiger partial charge in [-0.2, -0.15) is 0 Å². The molecule has 1 aliphatic heterocycles. The molecule has 1 saturated carbocycles. The van der Waals surface area contributed by atoms with Gasteiger partial charge in [-0.25, -0.2) is 0 Å². The molecule has 1 saturated heterocycles. The predicted octanol–water partition coefficient (Wildman–Crippen LogP) is 0.382. The zero-order chi connectivity index (χ0) is 9.26. The van der Waals surface area contributed by atoms with E-state index in [-0.39, 0.29) is 0 Å². The van der Waals surface area contributed by atoms with Crippen LogP contribution in [0.4, 0.5) is 0 Å². The third kappa shape index (κ3) is 2.03. The minimum atomic E-state index is 0.356. The van der Waals surface area contributed by atoms with Crippen molar-refractivity contribution in [1.29, 1.82) is 0 Å². The molecule has 0 aromatic rings. The molecule has 3 heteroatoms. The summed E-state index contributed by atoms with van der Waals surface area (Å²) in [5, 5.41) is 12.5. The maximum Gasteiger partial charge on any atom is 0.0623 e. The molecule has 2 atom stereocenters. The van der Waals surface area contributed by atoms with E-state index in [1.165, 1.54) is 0 Å². The Morgan fingerprint density at radius 1 is 1.38 bits per heavy atom. The molecular formula is C10H19NO2. The molecule has 0 bridgehead atoms. The molecule has 1 heterocycles. The Labute approximate surface area is 79.5 Å². The van der Waals surface area contributed by atoms with Crippen LogP contribution in [0.3, 0.4) is 0 Å². The van der Waals surface area contributed by atoms with Gasteiger partial charge in [-0.1, -0.05) is 6.92 Å². The molecule has 0 spiro atoms. The SMILES string of the molecule is CC1COCC1NC1CC(CO)C1. The molecule has 0 aromatic carbocycles. The number of hydrogen-bond acceptors (Lipinski definition) is 3. The molecule has 2 rings (SSSR count). The first-order valence-electron chi connectivity index (χ1n) is 5.24. The van der Waals surface area contributed by atoms with E-state index in [9.17, 15) is 0 Å². The smallest absolute Gasteiger partial charge is 0.0623 e. The molecule has 13 heavy (non-hydrogen) atoms. The fourth-order valence-electron chi connectivity index (χ4n) is 2.20. The van der Waals surface area contributed by atoms with E-state index in [0.717, 1.165) is 26.1 Å². The van der Waals surface area contributed by atoms with Crippen LogP contribution in [0.5, 0.6) is 0 Å². The second-order valence-electron chi connectivity index (χ2n) is 4.50. The van der Waals surface area contributed by atoms with Crippen LogP contribution in [0.25, 0.3) is 0 Å². The average molecular weight is 185 g/mol. The molecule has 2 aliphatic rings. The van der Waals surface area contributed by atoms with Crippen LogP contribution in [0.2, 0.25) is 0 Å². The Kier molecular flexibility index (Phi) is 2.86. The summed E-state index contributed by atoms with van der Waals surface area (Å²) in [5.41, 5.74) is 0. The molecule has 0 aromatic heterocycles. The van der Waals surface area contributed by atoms with Gasteiger partial charge in [0.15, 0.2) is 0 Å². The Morgan fingerprint density at radius 2 is 2.15 bits per heavy atom. The highest BCUT2D eigenvalue weighted by Gasteiger charge is 2.33. The maximum absolute atomic E-state index is 8.86. The summed E-state index contributed by atoms with van der Waals surface area (Å²) >= 11 is 0. The molecule has 76 valence electrons. The minimum Gasteiger partial charge on any atom is -0.396 e. The van der Waals surface area contributed by atoms with Gasteiger partial charge in [0.05, 0.1) is 13.2 Å². The van der Waals surface area contributed by atoms with Crippen molar-refractivity contribution in [3.63, 3.8) is 0 Å². The largest absolute Gasteiger partial charge is 0.396 e. The van der Waals surface area contributed by atoms with Gasteiger partial charge in [-0.3, -0.25) is 0 Å². The van der Waals surface area contributed by atoms with Crippen molar-refractivity contribution in [2.45, 2.75) is 31.8 Å². The van der Waals surface area contributed by atoms with Crippen LogP contribution >= 0.6 is 0 Å². The van der Waals surface area contributed by atoms with Crippen molar-refractivity contribution in [3.8, 4) is 0 Å². The molecule has 2 N–H and O–H groups in total. The number of hydrogen-bond donors (Lipinski definition) is 2. The second-order valence-corrected chi connectivity index (χ2v) is 4.50. The molecule has 0 radical (unpaired) electrons. The van der Waals surface area contributed by atoms with Crippen LogP contribution in [0, 0.1) is 11.8 Å². The van der Waals surface area contributed by atoms with Crippen molar-refractivity contribution >= 4 is 0 Å². The van der Waals surface area contributed by atoms with E-state index in [4.69, 9.17) is 9.84 Å². The third-order valence-corrected chi connectivity index (χ3v) is 3.31. The minimum absolute atomic E-state index is 0.356. The summed E-state index contributed by atoms with van der Waals surface area (Å²) in [7, 11) is 0. The second kappa shape index (κ2) is 3.95. The number of ether oxygens (including phenoxy) is 1. The monoisotopic (exact) mass is 185 g/mol. The lowest BCUT2D eigenvalue weighted by molar-refractivity contribution is 0.115. The fraction of sp³-hybridized carbons (Fsp3) is 1.00. The van der Waals surface area contributed by atoms with Gasteiger partial charge in [-0.15, -0.1) is 0 Å². The Morgan fingerprint density at radius 3 is 2.69 bits per heavy atom. The van der Waals surface area contributed by atoms with Gasteiger partial charge < -0.3 is 15.2 Å². The summed E-state index contributed by atoms with van der Waals surface area (Å²) in [4.78, 5) is 0. The topological polar surface area (TPSA) is 41.5 Å². The molecule has 0 amide bonds. The standard InChI is InChI=1S/C10H19NO2/c1-7-5-13-6-10(7)11-9-2-8(3-9)4-12/h7-12H,2-6H2,1H3. The highest BCUT2D eigenvalue weighted by Crippen LogP contribution is 2.28. The first-order chi connectivity index (χ1) is 6.29. The van der Waals surface area contributed by atoms with Gasteiger partial charge in [0.2, 0.25) is 0 Å². The van der Waals surface area contributed by atoms with E-state index in [1.54, 1.807) is 0 Å². The van der Waals surface area contributed by atoms with Gasteiger partial charge in [0.25, 0.3) is 0 Å². The first kappa shape index (κ1) is 9.44. The van der Waals surface area contributed by atoms with Crippen LogP contribution < -0.4 is 5.32 Å². The first-order valence-corrected chi connectivity index (χ1v) is 5.24. The molecular weight excluding hydrogens is 166 g/mol. The van der Waals surface area contributed by atoms with Crippen LogP contribution in [0.1, 0.15) is 19.8 Å². The average Bonchev–Trinajstić information content (AvgIpc) is 2.43. The summed E-state index contributed by atoms with van der Waals surface area (Å²) in [6.45, 7) is 4.34. The van der Waals surface area contributed by atoms with Crippen molar-refractivity contribution in [3.05, 3.63) is 0 Å². The zero-order valence-electron chi connectivity index (χ0n) is 8.20. The predicted molar refractivity (Wildman–Crippen MR) is 50.5 cm³/mol. The van der Waals surface area contributed by atoms with Crippen LogP contribution in [-0.4, -0.2) is 37.0 Å². The zero-order valence-corrected chi connectivity index (χ0v) is 8.20. The Hall–Kier alpha value is -0.120. The molecule has 2 unspecified atom stereocenters. The fourth-order valence-corrected chi connectivity index (χ4v) is 2.20. The van der Waals surface area contributed by atoms with E-state index in [0.29, 0.717) is 30.5 Å². The highest BCUT2D eigenvalue weighted by atomic mass is 16.5. The quantitative estimate of drug-likeness (QED) is 0.668. The van der Waals surface area contributed by atoms with Gasteiger partial charge in [0.1, 0.15) is 0 Å². The van der Waals surface area contributed by atoms with E-state index < -0.39 is 0 Å². The summed E-state index contributed by atoms with van der Waals surface area (Å²) in [6.07, 6.45) is 2.28. The molecule has 2 fully saturated rings. The number of aliphatic hydroxyl groups is 1. The van der Waals surface area contributed by atoms with Crippen molar-refractivity contribution in [2.24, 2.45) is 11.8 Å². The van der Waals surface area contributed by atoms with Gasteiger partial charge in [0, 0.05) is 18.7 Å². The Bertz CT molecular complexity index is 168. The molecule has 3 nitrogen and oxygen atoms in total. The van der Waals surface area contributed by atoms with Gasteiger partial charge >= 0.3 is 0 Å². The maximum atomic E-state index is 8.86. The summed E-state index contributed by atoms with van der Waals surface area (Å²) in [5.74, 6) is 1.20. The van der Waals surface area contributed by atoms with Crippen molar-refractivity contribution in [2.75, 3.05) is 19.8 Å². The summed E-state index contributed by atoms with van der Waals surface area (Å²) in [6, 6.07) is 1.18. The lowest BCUT2D eigenvalue weighted by Crippen LogP contribution is -2.49. The number of rotatable bonds is 3. The highest BCUT2D eigenvalue weighted by molar-refractivity contribution is 4.89. The summed E-state index contributed by atoms with van der Waals surface area (Å²) < 4.78 is 5.38. The van der Waals surface area contributed by atoms with E-state index in [1.807, 2.05) is 0 Å². The van der Waals surface area contributed by atoms with Crippen LogP contribution in [0.15, 0.2) is 0 Å². The number of aliphatic hydroxyl groups excluding tert-OH is 1.